The molecule has 0 saturated carbocycles. The highest BCUT2D eigenvalue weighted by Crippen LogP contribution is 2.29. The molecule has 2 heterocycles. The van der Waals surface area contributed by atoms with Crippen LogP contribution in [-0.2, 0) is 6.54 Å². The molecule has 27 heavy (non-hydrogen) atoms. The molecular formula is C18H15Cl2FN6. The monoisotopic (exact) mass is 404 g/mol. The van der Waals surface area contributed by atoms with Crippen LogP contribution in [0.2, 0.25) is 10.0 Å². The summed E-state index contributed by atoms with van der Waals surface area (Å²) in [6.07, 6.45) is 1.11. The van der Waals surface area contributed by atoms with E-state index >= 15 is 0 Å². The molecule has 0 aliphatic carbocycles. The molecule has 2 aromatic carbocycles. The SMILES string of the molecule is CN1NCc2cc(Nc3ncc(F)c(Nc4ccc(Cl)c(Cl)c4)n3)ccc21. The first-order valence-corrected chi connectivity index (χ1v) is 8.87. The number of rotatable bonds is 4. The standard InChI is InChI=1S/C18H15Cl2FN6/c1-27-16-5-3-11(6-10(16)8-23-27)25-18-22-9-15(21)17(26-18)24-12-2-4-13(19)14(20)7-12/h2-7,9,23H,8H2,1H3,(H2,22,24,25,26). The summed E-state index contributed by atoms with van der Waals surface area (Å²) in [5.41, 5.74) is 6.87. The highest BCUT2D eigenvalue weighted by molar-refractivity contribution is 6.42. The van der Waals surface area contributed by atoms with Gasteiger partial charge < -0.3 is 15.6 Å². The van der Waals surface area contributed by atoms with Crippen LogP contribution in [0.15, 0.2) is 42.6 Å². The van der Waals surface area contributed by atoms with E-state index < -0.39 is 5.82 Å². The average molecular weight is 405 g/mol. The normalized spacial score (nSPS) is 12.8. The third kappa shape index (κ3) is 3.75. The largest absolute Gasteiger partial charge is 0.338 e. The first kappa shape index (κ1) is 17.8. The van der Waals surface area contributed by atoms with E-state index in [-0.39, 0.29) is 11.8 Å². The molecule has 0 fully saturated rings. The summed E-state index contributed by atoms with van der Waals surface area (Å²) in [6.45, 7) is 0.746. The van der Waals surface area contributed by atoms with Gasteiger partial charge in [0, 0.05) is 25.0 Å². The summed E-state index contributed by atoms with van der Waals surface area (Å²) >= 11 is 11.9. The Bertz CT molecular complexity index is 1010. The van der Waals surface area contributed by atoms with Gasteiger partial charge in [0.15, 0.2) is 11.6 Å². The molecule has 9 heteroatoms. The summed E-state index contributed by atoms with van der Waals surface area (Å²) in [6, 6.07) is 10.8. The Balaban J connectivity index is 1.56. The summed E-state index contributed by atoms with van der Waals surface area (Å²) in [7, 11) is 1.96. The van der Waals surface area contributed by atoms with Gasteiger partial charge in [0.1, 0.15) is 0 Å². The quantitative estimate of drug-likeness (QED) is 0.576. The Labute approximate surface area is 165 Å². The van der Waals surface area contributed by atoms with Crippen molar-refractivity contribution in [1.29, 1.82) is 0 Å². The number of aromatic nitrogens is 2. The van der Waals surface area contributed by atoms with E-state index in [2.05, 4.69) is 26.0 Å². The van der Waals surface area contributed by atoms with Gasteiger partial charge in [0.05, 0.1) is 21.9 Å². The predicted molar refractivity (Wildman–Crippen MR) is 107 cm³/mol. The molecular weight excluding hydrogens is 390 g/mol. The van der Waals surface area contributed by atoms with Gasteiger partial charge in [0.2, 0.25) is 5.95 Å². The number of hydrogen-bond donors (Lipinski definition) is 3. The van der Waals surface area contributed by atoms with E-state index in [4.69, 9.17) is 23.2 Å². The van der Waals surface area contributed by atoms with Crippen LogP contribution < -0.4 is 21.1 Å². The highest BCUT2D eigenvalue weighted by atomic mass is 35.5. The van der Waals surface area contributed by atoms with Crippen molar-refractivity contribution in [2.24, 2.45) is 0 Å². The van der Waals surface area contributed by atoms with Crippen molar-refractivity contribution < 1.29 is 4.39 Å². The van der Waals surface area contributed by atoms with Crippen molar-refractivity contribution in [1.82, 2.24) is 15.4 Å². The molecule has 4 rings (SSSR count). The van der Waals surface area contributed by atoms with Crippen LogP contribution in [0.1, 0.15) is 5.56 Å². The van der Waals surface area contributed by atoms with Crippen molar-refractivity contribution >= 4 is 52.0 Å². The molecule has 3 N–H and O–H groups in total. The number of fused-ring (bicyclic) bond motifs is 1. The molecule has 1 aromatic heterocycles. The molecule has 0 radical (unpaired) electrons. The van der Waals surface area contributed by atoms with Gasteiger partial charge in [-0.05, 0) is 42.0 Å². The second-order valence-electron chi connectivity index (χ2n) is 6.01. The third-order valence-corrected chi connectivity index (χ3v) is 4.87. The predicted octanol–water partition coefficient (Wildman–Crippen LogP) is 4.86. The zero-order valence-corrected chi connectivity index (χ0v) is 15.7. The van der Waals surface area contributed by atoms with Crippen molar-refractivity contribution in [2.75, 3.05) is 22.7 Å². The molecule has 1 aliphatic rings. The number of nitrogens with zero attached hydrogens (tertiary/aromatic N) is 3. The lowest BCUT2D eigenvalue weighted by molar-refractivity contribution is 0.619. The van der Waals surface area contributed by atoms with Crippen LogP contribution in [0.4, 0.5) is 33.2 Å². The van der Waals surface area contributed by atoms with Crippen LogP contribution in [0.25, 0.3) is 0 Å². The Morgan fingerprint density at radius 1 is 1.07 bits per heavy atom. The van der Waals surface area contributed by atoms with Crippen molar-refractivity contribution in [3.05, 3.63) is 64.0 Å². The van der Waals surface area contributed by atoms with E-state index in [1.165, 1.54) is 0 Å². The molecule has 138 valence electrons. The fourth-order valence-corrected chi connectivity index (χ4v) is 3.07. The molecule has 0 bridgehead atoms. The molecule has 0 amide bonds. The second kappa shape index (κ2) is 7.19. The van der Waals surface area contributed by atoms with Crippen LogP contribution >= 0.6 is 23.2 Å². The first-order valence-electron chi connectivity index (χ1n) is 8.11. The Morgan fingerprint density at radius 3 is 2.67 bits per heavy atom. The maximum atomic E-state index is 14.1. The summed E-state index contributed by atoms with van der Waals surface area (Å²) in [5.74, 6) is -0.266. The number of hydrogen-bond acceptors (Lipinski definition) is 6. The van der Waals surface area contributed by atoms with E-state index in [1.54, 1.807) is 18.2 Å². The van der Waals surface area contributed by atoms with Gasteiger partial charge in [-0.15, -0.1) is 0 Å². The Kier molecular flexibility index (Phi) is 4.73. The fourth-order valence-electron chi connectivity index (χ4n) is 2.78. The number of halogens is 3. The lowest BCUT2D eigenvalue weighted by atomic mass is 10.1. The van der Waals surface area contributed by atoms with Crippen molar-refractivity contribution in [3.8, 4) is 0 Å². The van der Waals surface area contributed by atoms with Gasteiger partial charge in [-0.1, -0.05) is 23.2 Å². The Morgan fingerprint density at radius 2 is 1.85 bits per heavy atom. The molecule has 0 saturated heterocycles. The zero-order chi connectivity index (χ0) is 19.0. The maximum Gasteiger partial charge on any atom is 0.229 e. The third-order valence-electron chi connectivity index (χ3n) is 4.13. The molecule has 1 aliphatic heterocycles. The molecule has 6 nitrogen and oxygen atoms in total. The van der Waals surface area contributed by atoms with Crippen LogP contribution in [0, 0.1) is 5.82 Å². The minimum atomic E-state index is -0.577. The summed E-state index contributed by atoms with van der Waals surface area (Å²) < 4.78 is 14.1. The summed E-state index contributed by atoms with van der Waals surface area (Å²) in [5, 5.41) is 8.74. The molecule has 0 unspecified atom stereocenters. The number of benzene rings is 2. The van der Waals surface area contributed by atoms with Gasteiger partial charge in [-0.2, -0.15) is 4.98 Å². The first-order chi connectivity index (χ1) is 13.0. The smallest absolute Gasteiger partial charge is 0.229 e. The van der Waals surface area contributed by atoms with Gasteiger partial charge in [-0.25, -0.2) is 14.8 Å². The fraction of sp³-hybridized carbons (Fsp3) is 0.111. The lowest BCUT2D eigenvalue weighted by Gasteiger charge is -2.13. The van der Waals surface area contributed by atoms with Gasteiger partial charge in [0.25, 0.3) is 0 Å². The maximum absolute atomic E-state index is 14.1. The van der Waals surface area contributed by atoms with Gasteiger partial charge in [-0.3, -0.25) is 0 Å². The van der Waals surface area contributed by atoms with E-state index in [0.717, 1.165) is 29.7 Å². The number of hydrazine groups is 1. The molecule has 3 aromatic rings. The minimum Gasteiger partial charge on any atom is -0.338 e. The Hall–Kier alpha value is -2.61. The molecule has 0 atom stereocenters. The van der Waals surface area contributed by atoms with E-state index in [1.807, 2.05) is 30.3 Å². The van der Waals surface area contributed by atoms with E-state index in [9.17, 15) is 4.39 Å². The van der Waals surface area contributed by atoms with Gasteiger partial charge >= 0.3 is 0 Å². The lowest BCUT2D eigenvalue weighted by Crippen LogP contribution is -2.26. The number of nitrogens with one attached hydrogen (secondary N) is 3. The van der Waals surface area contributed by atoms with Crippen LogP contribution in [-0.4, -0.2) is 17.0 Å². The zero-order valence-electron chi connectivity index (χ0n) is 14.2. The van der Waals surface area contributed by atoms with Crippen molar-refractivity contribution in [3.63, 3.8) is 0 Å². The summed E-state index contributed by atoms with van der Waals surface area (Å²) in [4.78, 5) is 8.22. The minimum absolute atomic E-state index is 0.0356. The van der Waals surface area contributed by atoms with Crippen LogP contribution in [0.3, 0.4) is 0 Å². The number of anilines is 5. The molecule has 0 spiro atoms. The average Bonchev–Trinajstić information content (AvgIpc) is 3.01. The van der Waals surface area contributed by atoms with Crippen LogP contribution in [0.5, 0.6) is 0 Å². The van der Waals surface area contributed by atoms with E-state index in [0.29, 0.717) is 15.7 Å². The van der Waals surface area contributed by atoms with Crippen molar-refractivity contribution in [2.45, 2.75) is 6.54 Å². The second-order valence-corrected chi connectivity index (χ2v) is 6.82. The topological polar surface area (TPSA) is 65.1 Å². The highest BCUT2D eigenvalue weighted by Gasteiger charge is 2.15.